The molecule has 1 aliphatic heterocycles. The van der Waals surface area contributed by atoms with Crippen molar-refractivity contribution in [2.75, 3.05) is 11.9 Å². The van der Waals surface area contributed by atoms with Crippen LogP contribution in [0.5, 0.6) is 5.75 Å². The number of hydrogen-bond acceptors (Lipinski definition) is 5. The molecule has 3 amide bonds. The number of nitrogens with zero attached hydrogens (tertiary/aromatic N) is 1. The molecule has 45 heavy (non-hydrogen) atoms. The van der Waals surface area contributed by atoms with E-state index in [4.69, 9.17) is 5.11 Å². The van der Waals surface area contributed by atoms with E-state index in [0.717, 1.165) is 31.0 Å². The van der Waals surface area contributed by atoms with Gasteiger partial charge in [0.25, 0.3) is 5.91 Å². The van der Waals surface area contributed by atoms with Gasteiger partial charge in [-0.25, -0.2) is 14.3 Å². The first-order valence-corrected chi connectivity index (χ1v) is 14.1. The van der Waals surface area contributed by atoms with E-state index in [1.807, 2.05) is 5.32 Å². The molecule has 1 fully saturated rings. The molecule has 1 heterocycles. The van der Waals surface area contributed by atoms with Crippen LogP contribution in [0.15, 0.2) is 42.5 Å². The quantitative estimate of drug-likeness (QED) is 0.273. The number of hydrogen-bond donors (Lipinski definition) is 3. The molecule has 2 aliphatic rings. The third-order valence-corrected chi connectivity index (χ3v) is 8.00. The highest BCUT2D eigenvalue weighted by molar-refractivity contribution is 5.94. The van der Waals surface area contributed by atoms with E-state index in [1.54, 1.807) is 0 Å². The van der Waals surface area contributed by atoms with Crippen molar-refractivity contribution in [3.05, 3.63) is 59.2 Å². The number of benzene rings is 2. The molecule has 0 spiro atoms. The standard InChI is InChI=1S/C30H33F6N3O6/c1-27(2,3)19-8-11-21(12-9-19)39(15-17-4-6-18(7-5-17)24(40)37-16-28(31,32)25(41)42)26(43)38-20-10-13-23-22(14-20)29(33,34)45-30(35,36)44-23/h4-7,10,13-14,19,21H,8-9,11-12,15-16H2,1-3H3,(H,37,40)(H,38,43)(H,41,42). The van der Waals surface area contributed by atoms with E-state index in [-0.39, 0.29) is 29.3 Å². The average Bonchev–Trinajstić information content (AvgIpc) is 2.94. The molecule has 0 aromatic heterocycles. The number of aliphatic carboxylic acids is 1. The van der Waals surface area contributed by atoms with Gasteiger partial charge in [-0.15, -0.1) is 8.78 Å². The zero-order valence-electron chi connectivity index (χ0n) is 24.6. The van der Waals surface area contributed by atoms with Crippen LogP contribution in [0.4, 0.5) is 36.8 Å². The number of anilines is 1. The average molecular weight is 646 g/mol. The molecule has 1 aliphatic carbocycles. The number of ether oxygens (including phenoxy) is 2. The van der Waals surface area contributed by atoms with E-state index < -0.39 is 54.1 Å². The largest absolute Gasteiger partial charge is 0.540 e. The molecule has 1 saturated carbocycles. The number of rotatable bonds is 8. The second-order valence-electron chi connectivity index (χ2n) is 12.2. The molecule has 15 heteroatoms. The molecule has 0 unspecified atom stereocenters. The Morgan fingerprint density at radius 3 is 2.18 bits per heavy atom. The van der Waals surface area contributed by atoms with Gasteiger partial charge in [0, 0.05) is 23.8 Å². The lowest BCUT2D eigenvalue weighted by Crippen LogP contribution is -2.45. The van der Waals surface area contributed by atoms with Crippen molar-refractivity contribution in [1.82, 2.24) is 10.2 Å². The summed E-state index contributed by atoms with van der Waals surface area (Å²) in [5.41, 5.74) is -0.519. The van der Waals surface area contributed by atoms with Crippen LogP contribution in [0.25, 0.3) is 0 Å². The summed E-state index contributed by atoms with van der Waals surface area (Å²) in [4.78, 5) is 38.0. The van der Waals surface area contributed by atoms with Gasteiger partial charge in [-0.3, -0.25) is 4.79 Å². The predicted octanol–water partition coefficient (Wildman–Crippen LogP) is 6.78. The third-order valence-electron chi connectivity index (χ3n) is 8.00. The number of amides is 3. The summed E-state index contributed by atoms with van der Waals surface area (Å²) in [6.45, 7) is 5.03. The Bertz CT molecular complexity index is 1420. The molecule has 4 rings (SSSR count). The van der Waals surface area contributed by atoms with Crippen molar-refractivity contribution in [2.24, 2.45) is 11.3 Å². The highest BCUT2D eigenvalue weighted by atomic mass is 19.3. The maximum Gasteiger partial charge on any atom is 0.540 e. The first kappa shape index (κ1) is 33.9. The Kier molecular flexibility index (Phi) is 9.34. The van der Waals surface area contributed by atoms with Crippen LogP contribution >= 0.6 is 0 Å². The van der Waals surface area contributed by atoms with Crippen LogP contribution in [0.2, 0.25) is 0 Å². The Labute approximate surface area is 254 Å². The minimum absolute atomic E-state index is 0.0216. The monoisotopic (exact) mass is 645 g/mol. The van der Waals surface area contributed by atoms with Crippen molar-refractivity contribution in [2.45, 2.75) is 77.4 Å². The number of halogens is 6. The second-order valence-corrected chi connectivity index (χ2v) is 12.2. The van der Waals surface area contributed by atoms with Crippen LogP contribution in [-0.2, 0) is 22.2 Å². The Morgan fingerprint density at radius 1 is 0.978 bits per heavy atom. The number of nitrogens with one attached hydrogen (secondary N) is 2. The molecule has 2 aromatic rings. The maximum absolute atomic E-state index is 14.3. The second kappa shape index (κ2) is 12.4. The fourth-order valence-electron chi connectivity index (χ4n) is 5.42. The molecule has 0 bridgehead atoms. The van der Waals surface area contributed by atoms with Gasteiger partial charge in [-0.2, -0.15) is 17.6 Å². The van der Waals surface area contributed by atoms with Crippen molar-refractivity contribution >= 4 is 23.6 Å². The highest BCUT2D eigenvalue weighted by Gasteiger charge is 2.54. The minimum Gasteiger partial charge on any atom is -0.477 e. The van der Waals surface area contributed by atoms with Crippen LogP contribution < -0.4 is 15.4 Å². The number of carbonyl (C=O) groups is 3. The summed E-state index contributed by atoms with van der Waals surface area (Å²) in [6.07, 6.45) is -5.98. The summed E-state index contributed by atoms with van der Waals surface area (Å²) in [7, 11) is 0. The smallest absolute Gasteiger partial charge is 0.477 e. The van der Waals surface area contributed by atoms with E-state index in [2.05, 4.69) is 35.6 Å². The molecule has 9 nitrogen and oxygen atoms in total. The number of fused-ring (bicyclic) bond motifs is 1. The molecule has 2 aromatic carbocycles. The first-order chi connectivity index (χ1) is 20.8. The van der Waals surface area contributed by atoms with Crippen molar-refractivity contribution in [1.29, 1.82) is 0 Å². The van der Waals surface area contributed by atoms with E-state index in [0.29, 0.717) is 24.3 Å². The lowest BCUT2D eigenvalue weighted by atomic mass is 9.71. The first-order valence-electron chi connectivity index (χ1n) is 14.1. The fourth-order valence-corrected chi connectivity index (χ4v) is 5.42. The summed E-state index contributed by atoms with van der Waals surface area (Å²) in [5.74, 6) is -7.84. The van der Waals surface area contributed by atoms with Gasteiger partial charge in [-0.05, 0) is 72.9 Å². The molecule has 0 radical (unpaired) electrons. The van der Waals surface area contributed by atoms with Gasteiger partial charge in [0.15, 0.2) is 0 Å². The lowest BCUT2D eigenvalue weighted by molar-refractivity contribution is -0.461. The van der Waals surface area contributed by atoms with Crippen LogP contribution in [-0.4, -0.2) is 52.7 Å². The summed E-state index contributed by atoms with van der Waals surface area (Å²) >= 11 is 0. The van der Waals surface area contributed by atoms with E-state index >= 15 is 0 Å². The van der Waals surface area contributed by atoms with Crippen molar-refractivity contribution in [3.63, 3.8) is 0 Å². The minimum atomic E-state index is -4.54. The van der Waals surface area contributed by atoms with Crippen LogP contribution in [0, 0.1) is 11.3 Å². The van der Waals surface area contributed by atoms with E-state index in [1.165, 1.54) is 29.2 Å². The zero-order chi connectivity index (χ0) is 33.4. The fraction of sp³-hybridized carbons (Fsp3) is 0.500. The zero-order valence-corrected chi connectivity index (χ0v) is 24.6. The van der Waals surface area contributed by atoms with Gasteiger partial charge >= 0.3 is 30.3 Å². The highest BCUT2D eigenvalue weighted by Crippen LogP contribution is 2.47. The van der Waals surface area contributed by atoms with Crippen LogP contribution in [0.3, 0.4) is 0 Å². The Morgan fingerprint density at radius 2 is 1.60 bits per heavy atom. The number of urea groups is 1. The topological polar surface area (TPSA) is 117 Å². The maximum atomic E-state index is 14.3. The van der Waals surface area contributed by atoms with Gasteiger partial charge < -0.3 is 25.4 Å². The molecule has 0 saturated heterocycles. The van der Waals surface area contributed by atoms with Gasteiger partial charge in [0.05, 0.1) is 12.1 Å². The van der Waals surface area contributed by atoms with Crippen molar-refractivity contribution in [3.8, 4) is 5.75 Å². The normalized spacial score (nSPS) is 20.7. The van der Waals surface area contributed by atoms with Crippen molar-refractivity contribution < 1.29 is 55.3 Å². The number of carboxylic acids is 1. The molecular formula is C30H33F6N3O6. The third kappa shape index (κ3) is 8.18. The summed E-state index contributed by atoms with van der Waals surface area (Å²) < 4.78 is 89.8. The summed E-state index contributed by atoms with van der Waals surface area (Å²) in [6, 6.07) is 7.56. The van der Waals surface area contributed by atoms with Gasteiger partial charge in [-0.1, -0.05) is 32.9 Å². The lowest BCUT2D eigenvalue weighted by Gasteiger charge is -2.41. The molecule has 3 N–H and O–H groups in total. The molecular weight excluding hydrogens is 612 g/mol. The predicted molar refractivity (Wildman–Crippen MR) is 148 cm³/mol. The number of carboxylic acid groups (broad SMARTS) is 1. The molecule has 246 valence electrons. The van der Waals surface area contributed by atoms with Gasteiger partial charge in [0.1, 0.15) is 5.75 Å². The van der Waals surface area contributed by atoms with E-state index in [9.17, 15) is 40.7 Å². The Balaban J connectivity index is 1.52. The molecule has 0 atom stereocenters. The summed E-state index contributed by atoms with van der Waals surface area (Å²) in [5, 5.41) is 12.9. The van der Waals surface area contributed by atoms with Gasteiger partial charge in [0.2, 0.25) is 0 Å². The van der Waals surface area contributed by atoms with Crippen LogP contribution in [0.1, 0.15) is 67.9 Å². The number of alkyl halides is 6. The SMILES string of the molecule is CC(C)(C)C1CCC(N(Cc2ccc(C(=O)NCC(F)(F)C(=O)O)cc2)C(=O)Nc2ccc3c(c2)C(F)(F)OC(F)(F)O3)CC1. The Hall–Kier alpha value is -4.01. The number of carbonyl (C=O) groups excluding carboxylic acids is 2.